The summed E-state index contributed by atoms with van der Waals surface area (Å²) in [6, 6.07) is 6.98. The predicted octanol–water partition coefficient (Wildman–Crippen LogP) is 3.93. The Bertz CT molecular complexity index is 684. The molecular weight excluding hydrogens is 379 g/mol. The molecule has 0 radical (unpaired) electrons. The van der Waals surface area contributed by atoms with E-state index < -0.39 is 6.10 Å². The van der Waals surface area contributed by atoms with E-state index in [9.17, 15) is 9.50 Å². The minimum atomic E-state index is -0.443. The monoisotopic (exact) mass is 416 g/mol. The van der Waals surface area contributed by atoms with Crippen molar-refractivity contribution in [2.24, 2.45) is 23.2 Å². The van der Waals surface area contributed by atoms with Gasteiger partial charge in [-0.05, 0) is 80.2 Å². The number of para-hydroxylation sites is 1. The Hall–Kier alpha value is -1.17. The molecule has 1 N–H and O–H groups in total. The van der Waals surface area contributed by atoms with Crippen LogP contribution in [0.1, 0.15) is 44.9 Å². The molecule has 1 aromatic carbocycles. The van der Waals surface area contributed by atoms with Gasteiger partial charge in [0, 0.05) is 39.3 Å². The van der Waals surface area contributed by atoms with E-state index in [4.69, 9.17) is 4.74 Å². The summed E-state index contributed by atoms with van der Waals surface area (Å²) >= 11 is 0. The van der Waals surface area contributed by atoms with E-state index in [0.717, 1.165) is 50.5 Å². The lowest BCUT2D eigenvalue weighted by Gasteiger charge is -2.57. The van der Waals surface area contributed by atoms with Gasteiger partial charge in [0.2, 0.25) is 0 Å². The molecular formula is C25H37FN2O2. The average molecular weight is 417 g/mol. The molecule has 1 heterocycles. The molecule has 4 saturated carbocycles. The lowest BCUT2D eigenvalue weighted by Crippen LogP contribution is -2.49. The van der Waals surface area contributed by atoms with E-state index in [1.807, 2.05) is 12.1 Å². The van der Waals surface area contributed by atoms with E-state index in [0.29, 0.717) is 24.3 Å². The molecule has 1 atom stereocenters. The molecule has 5 aliphatic rings. The van der Waals surface area contributed by atoms with Crippen molar-refractivity contribution in [3.8, 4) is 0 Å². The van der Waals surface area contributed by atoms with Gasteiger partial charge in [0.1, 0.15) is 5.82 Å². The molecule has 5 fully saturated rings. The number of aliphatic hydroxyl groups is 1. The molecule has 4 nitrogen and oxygen atoms in total. The summed E-state index contributed by atoms with van der Waals surface area (Å²) in [5.41, 5.74) is 1.24. The first-order chi connectivity index (χ1) is 14.6. The number of rotatable bonds is 8. The van der Waals surface area contributed by atoms with Crippen LogP contribution in [-0.4, -0.2) is 62.0 Å². The van der Waals surface area contributed by atoms with Gasteiger partial charge in [-0.15, -0.1) is 0 Å². The van der Waals surface area contributed by atoms with E-state index in [-0.39, 0.29) is 5.82 Å². The van der Waals surface area contributed by atoms with Gasteiger partial charge >= 0.3 is 0 Å². The highest BCUT2D eigenvalue weighted by atomic mass is 19.1. The molecule has 0 amide bonds. The van der Waals surface area contributed by atoms with E-state index >= 15 is 0 Å². The first-order valence-electron chi connectivity index (χ1n) is 12.1. The Labute approximate surface area is 180 Å². The fourth-order valence-electron chi connectivity index (χ4n) is 7.33. The summed E-state index contributed by atoms with van der Waals surface area (Å²) in [7, 11) is 0. The van der Waals surface area contributed by atoms with Gasteiger partial charge < -0.3 is 14.7 Å². The molecule has 0 aromatic heterocycles. The van der Waals surface area contributed by atoms with E-state index in [2.05, 4.69) is 9.80 Å². The molecule has 0 spiro atoms. The summed E-state index contributed by atoms with van der Waals surface area (Å²) in [6.07, 6.45) is 9.49. The van der Waals surface area contributed by atoms with Crippen molar-refractivity contribution in [3.05, 3.63) is 30.1 Å². The Balaban J connectivity index is 1.00. The van der Waals surface area contributed by atoms with Crippen LogP contribution in [0.25, 0.3) is 0 Å². The molecule has 1 saturated heterocycles. The number of anilines is 1. The quantitative estimate of drug-likeness (QED) is 0.652. The van der Waals surface area contributed by atoms with Crippen LogP contribution in [0.2, 0.25) is 0 Å². The SMILES string of the molecule is OC(COCCC12CC3CC(CC(C3)C1)C2)CN1CCN(c2ccccc2F)CC1. The molecule has 4 bridgehead atoms. The van der Waals surface area contributed by atoms with Gasteiger partial charge in [0.25, 0.3) is 0 Å². The van der Waals surface area contributed by atoms with E-state index in [1.165, 1.54) is 51.0 Å². The zero-order valence-corrected chi connectivity index (χ0v) is 18.1. The maximum Gasteiger partial charge on any atom is 0.146 e. The first kappa shape index (κ1) is 20.7. The number of hydrogen-bond acceptors (Lipinski definition) is 4. The second kappa shape index (κ2) is 8.76. The van der Waals surface area contributed by atoms with Crippen molar-refractivity contribution in [2.75, 3.05) is 50.8 Å². The number of β-amino-alcohol motifs (C(OH)–C–C–N with tert-alkyl or cyclic N) is 1. The highest BCUT2D eigenvalue weighted by Gasteiger charge is 2.50. The summed E-state index contributed by atoms with van der Waals surface area (Å²) < 4.78 is 19.9. The molecule has 1 unspecified atom stereocenters. The predicted molar refractivity (Wildman–Crippen MR) is 117 cm³/mol. The third-order valence-electron chi connectivity index (χ3n) is 8.29. The largest absolute Gasteiger partial charge is 0.389 e. The van der Waals surface area contributed by atoms with E-state index in [1.54, 1.807) is 6.07 Å². The number of aliphatic hydroxyl groups excluding tert-OH is 1. The van der Waals surface area contributed by atoms with Crippen LogP contribution in [0.5, 0.6) is 0 Å². The van der Waals surface area contributed by atoms with Crippen molar-refractivity contribution < 1.29 is 14.2 Å². The second-order valence-corrected chi connectivity index (χ2v) is 10.6. The Morgan fingerprint density at radius 3 is 2.27 bits per heavy atom. The van der Waals surface area contributed by atoms with Crippen LogP contribution in [0.3, 0.4) is 0 Å². The van der Waals surface area contributed by atoms with Gasteiger partial charge in [-0.1, -0.05) is 12.1 Å². The smallest absolute Gasteiger partial charge is 0.146 e. The van der Waals surface area contributed by atoms with Crippen LogP contribution in [0.15, 0.2) is 24.3 Å². The van der Waals surface area contributed by atoms with Crippen LogP contribution >= 0.6 is 0 Å². The normalized spacial score (nSPS) is 34.5. The van der Waals surface area contributed by atoms with Crippen LogP contribution in [0, 0.1) is 29.0 Å². The molecule has 4 aliphatic carbocycles. The van der Waals surface area contributed by atoms with Crippen molar-refractivity contribution in [1.82, 2.24) is 4.90 Å². The van der Waals surface area contributed by atoms with Crippen LogP contribution in [0.4, 0.5) is 10.1 Å². The maximum atomic E-state index is 14.0. The molecule has 166 valence electrons. The molecule has 1 aliphatic heterocycles. The van der Waals surface area contributed by atoms with Gasteiger partial charge in [-0.3, -0.25) is 4.90 Å². The van der Waals surface area contributed by atoms with Gasteiger partial charge in [0.05, 0.1) is 18.4 Å². The topological polar surface area (TPSA) is 35.9 Å². The third kappa shape index (κ3) is 4.53. The molecule has 5 heteroatoms. The first-order valence-corrected chi connectivity index (χ1v) is 12.1. The van der Waals surface area contributed by atoms with Gasteiger partial charge in [-0.25, -0.2) is 4.39 Å². The minimum Gasteiger partial charge on any atom is -0.389 e. The zero-order chi connectivity index (χ0) is 20.6. The van der Waals surface area contributed by atoms with Gasteiger partial charge in [-0.2, -0.15) is 0 Å². The van der Waals surface area contributed by atoms with Crippen molar-refractivity contribution in [1.29, 1.82) is 0 Å². The Kier molecular flexibility index (Phi) is 6.05. The number of benzene rings is 1. The zero-order valence-electron chi connectivity index (χ0n) is 18.1. The number of nitrogens with zero attached hydrogens (tertiary/aromatic N) is 2. The number of hydrogen-bond donors (Lipinski definition) is 1. The molecule has 1 aromatic rings. The lowest BCUT2D eigenvalue weighted by atomic mass is 9.49. The summed E-state index contributed by atoms with van der Waals surface area (Å²) in [5, 5.41) is 10.4. The summed E-state index contributed by atoms with van der Waals surface area (Å²) in [6.45, 7) is 5.14. The summed E-state index contributed by atoms with van der Waals surface area (Å²) in [5.74, 6) is 2.82. The Morgan fingerprint density at radius 2 is 1.63 bits per heavy atom. The fraction of sp³-hybridized carbons (Fsp3) is 0.760. The fourth-order valence-corrected chi connectivity index (χ4v) is 7.33. The second-order valence-electron chi connectivity index (χ2n) is 10.6. The highest BCUT2D eigenvalue weighted by molar-refractivity contribution is 5.47. The van der Waals surface area contributed by atoms with Gasteiger partial charge in [0.15, 0.2) is 0 Å². The van der Waals surface area contributed by atoms with Crippen molar-refractivity contribution in [3.63, 3.8) is 0 Å². The number of halogens is 1. The number of piperazine rings is 1. The number of ether oxygens (including phenoxy) is 1. The third-order valence-corrected chi connectivity index (χ3v) is 8.29. The molecule has 30 heavy (non-hydrogen) atoms. The van der Waals surface area contributed by atoms with Crippen LogP contribution in [-0.2, 0) is 4.74 Å². The lowest BCUT2D eigenvalue weighted by molar-refractivity contribution is -0.0741. The van der Waals surface area contributed by atoms with Crippen molar-refractivity contribution in [2.45, 2.75) is 51.0 Å². The summed E-state index contributed by atoms with van der Waals surface area (Å²) in [4.78, 5) is 4.37. The maximum absolute atomic E-state index is 14.0. The standard InChI is InChI=1S/C25H37FN2O2/c26-23-3-1-2-4-24(23)28-8-6-27(7-9-28)17-22(29)18-30-10-5-25-14-19-11-20(15-25)13-21(12-19)16-25/h1-4,19-22,29H,5-18H2. The minimum absolute atomic E-state index is 0.154. The van der Waals surface area contributed by atoms with Crippen molar-refractivity contribution >= 4 is 5.69 Å². The average Bonchev–Trinajstić information content (AvgIpc) is 2.71. The van der Waals surface area contributed by atoms with Crippen LogP contribution < -0.4 is 4.90 Å². The molecule has 6 rings (SSSR count). The Morgan fingerprint density at radius 1 is 1.00 bits per heavy atom. The highest BCUT2D eigenvalue weighted by Crippen LogP contribution is 2.61.